The molecule has 1 N–H and O–H groups in total. The van der Waals surface area contributed by atoms with Gasteiger partial charge in [0.05, 0.1) is 5.70 Å². The lowest BCUT2D eigenvalue weighted by Gasteiger charge is -2.24. The van der Waals surface area contributed by atoms with E-state index < -0.39 is 17.8 Å². The van der Waals surface area contributed by atoms with E-state index in [1.807, 2.05) is 0 Å². The number of para-hydroxylation sites is 1. The van der Waals surface area contributed by atoms with Gasteiger partial charge in [-0.15, -0.1) is 0 Å². The zero-order chi connectivity index (χ0) is 17.7. The molecule has 2 amide bonds. The van der Waals surface area contributed by atoms with Crippen molar-refractivity contribution in [2.24, 2.45) is 0 Å². The zero-order valence-corrected chi connectivity index (χ0v) is 13.9. The fraction of sp³-hybridized carbons (Fsp3) is 0.353. The van der Waals surface area contributed by atoms with E-state index in [-0.39, 0.29) is 17.2 Å². The van der Waals surface area contributed by atoms with Crippen molar-refractivity contribution in [3.05, 3.63) is 42.2 Å². The van der Waals surface area contributed by atoms with Gasteiger partial charge in [-0.25, -0.2) is 9.59 Å². The van der Waals surface area contributed by atoms with Crippen LogP contribution in [-0.2, 0) is 9.53 Å². The maximum atomic E-state index is 12.4. The molecular formula is C17H20N2O5. The summed E-state index contributed by atoms with van der Waals surface area (Å²) < 4.78 is 10.4. The quantitative estimate of drug-likeness (QED) is 0.838. The van der Waals surface area contributed by atoms with E-state index >= 15 is 0 Å². The van der Waals surface area contributed by atoms with Gasteiger partial charge >= 0.3 is 12.2 Å². The minimum Gasteiger partial charge on any atom is -0.443 e. The molecule has 0 unspecified atom stereocenters. The molecule has 7 nitrogen and oxygen atoms in total. The maximum Gasteiger partial charge on any atom is 0.429 e. The van der Waals surface area contributed by atoms with Gasteiger partial charge in [0.25, 0.3) is 0 Å². The molecule has 0 spiro atoms. The van der Waals surface area contributed by atoms with Crippen molar-refractivity contribution >= 4 is 18.0 Å². The third kappa shape index (κ3) is 4.84. The summed E-state index contributed by atoms with van der Waals surface area (Å²) in [6.07, 6.45) is -0.446. The van der Waals surface area contributed by atoms with Gasteiger partial charge in [-0.1, -0.05) is 18.2 Å². The van der Waals surface area contributed by atoms with Crippen LogP contribution in [-0.4, -0.2) is 35.0 Å². The Labute approximate surface area is 140 Å². The van der Waals surface area contributed by atoms with Crippen molar-refractivity contribution < 1.29 is 23.9 Å². The van der Waals surface area contributed by atoms with Gasteiger partial charge in [-0.2, -0.15) is 4.90 Å². The molecule has 0 atom stereocenters. The van der Waals surface area contributed by atoms with E-state index in [9.17, 15) is 14.4 Å². The molecule has 0 aliphatic carbocycles. The minimum absolute atomic E-state index is 0.172. The molecule has 0 radical (unpaired) electrons. The molecule has 1 aliphatic heterocycles. The van der Waals surface area contributed by atoms with Gasteiger partial charge in [0.1, 0.15) is 11.4 Å². The van der Waals surface area contributed by atoms with E-state index in [4.69, 9.17) is 9.47 Å². The molecular weight excluding hydrogens is 312 g/mol. The third-order valence-corrected chi connectivity index (χ3v) is 2.96. The van der Waals surface area contributed by atoms with Crippen LogP contribution in [0.1, 0.15) is 27.2 Å². The first-order valence-corrected chi connectivity index (χ1v) is 7.54. The SMILES string of the molecule is CC(C)(C)OC(=O)N(/C=C1\NCCC1=O)C(=O)Oc1ccccc1. The molecule has 1 saturated heterocycles. The second-order valence-corrected chi connectivity index (χ2v) is 6.17. The highest BCUT2D eigenvalue weighted by Gasteiger charge is 2.30. The number of ketones is 1. The van der Waals surface area contributed by atoms with E-state index in [1.54, 1.807) is 51.1 Å². The Morgan fingerprint density at radius 1 is 1.17 bits per heavy atom. The summed E-state index contributed by atoms with van der Waals surface area (Å²) in [5.41, 5.74) is -0.626. The van der Waals surface area contributed by atoms with Crippen molar-refractivity contribution in [2.45, 2.75) is 32.8 Å². The third-order valence-electron chi connectivity index (χ3n) is 2.96. The van der Waals surface area contributed by atoms with Crippen LogP contribution in [0.5, 0.6) is 5.75 Å². The number of ether oxygens (including phenoxy) is 2. The van der Waals surface area contributed by atoms with Crippen LogP contribution >= 0.6 is 0 Å². The Morgan fingerprint density at radius 2 is 1.83 bits per heavy atom. The van der Waals surface area contributed by atoms with Crippen molar-refractivity contribution in [1.29, 1.82) is 0 Å². The molecule has 1 fully saturated rings. The van der Waals surface area contributed by atoms with Crippen LogP contribution in [0, 0.1) is 0 Å². The van der Waals surface area contributed by atoms with Gasteiger partial charge in [0.15, 0.2) is 5.78 Å². The largest absolute Gasteiger partial charge is 0.443 e. The lowest BCUT2D eigenvalue weighted by atomic mass is 10.2. The summed E-state index contributed by atoms with van der Waals surface area (Å²) in [6.45, 7) is 5.49. The minimum atomic E-state index is -0.954. The van der Waals surface area contributed by atoms with Crippen molar-refractivity contribution in [2.75, 3.05) is 6.54 Å². The summed E-state index contributed by atoms with van der Waals surface area (Å²) in [7, 11) is 0. The Balaban J connectivity index is 2.23. The van der Waals surface area contributed by atoms with Gasteiger partial charge in [0, 0.05) is 19.2 Å². The molecule has 1 aromatic rings. The highest BCUT2D eigenvalue weighted by molar-refractivity contribution is 5.99. The van der Waals surface area contributed by atoms with Gasteiger partial charge in [0.2, 0.25) is 0 Å². The first-order valence-electron chi connectivity index (χ1n) is 7.54. The number of benzene rings is 1. The number of hydrogen-bond acceptors (Lipinski definition) is 6. The number of carbonyl (C=O) groups is 3. The molecule has 0 saturated carbocycles. The summed E-state index contributed by atoms with van der Waals surface area (Å²) in [5, 5.41) is 2.83. The lowest BCUT2D eigenvalue weighted by Crippen LogP contribution is -2.39. The number of carbonyl (C=O) groups excluding carboxylic acids is 3. The molecule has 1 aliphatic rings. The summed E-state index contributed by atoms with van der Waals surface area (Å²) in [6, 6.07) is 8.32. The van der Waals surface area contributed by atoms with Crippen LogP contribution in [0.2, 0.25) is 0 Å². The van der Waals surface area contributed by atoms with E-state index in [1.165, 1.54) is 0 Å². The maximum absolute atomic E-state index is 12.4. The topological polar surface area (TPSA) is 84.9 Å². The van der Waals surface area contributed by atoms with Crippen LogP contribution in [0.25, 0.3) is 0 Å². The Kier molecular flexibility index (Phi) is 5.23. The van der Waals surface area contributed by atoms with Gasteiger partial charge < -0.3 is 14.8 Å². The number of hydrogen-bond donors (Lipinski definition) is 1. The van der Waals surface area contributed by atoms with Gasteiger partial charge in [-0.3, -0.25) is 4.79 Å². The zero-order valence-electron chi connectivity index (χ0n) is 13.9. The fourth-order valence-corrected chi connectivity index (χ4v) is 1.92. The van der Waals surface area contributed by atoms with E-state index in [0.717, 1.165) is 6.20 Å². The molecule has 1 heterocycles. The number of amides is 2. The molecule has 1 aromatic carbocycles. The predicted octanol–water partition coefficient (Wildman–Crippen LogP) is 2.83. The normalized spacial score (nSPS) is 15.8. The van der Waals surface area contributed by atoms with E-state index in [2.05, 4.69) is 5.32 Å². The van der Waals surface area contributed by atoms with Crippen LogP contribution in [0.15, 0.2) is 42.2 Å². The standard InChI is InChI=1S/C17H20N2O5/c1-17(2,3)24-16(22)19(11-13-14(20)9-10-18-13)15(21)23-12-7-5-4-6-8-12/h4-8,11,18H,9-10H2,1-3H3/b13-11-. The van der Waals surface area contributed by atoms with Crippen molar-refractivity contribution in [3.8, 4) is 5.75 Å². The smallest absolute Gasteiger partial charge is 0.429 e. The molecule has 2 rings (SSSR count). The average Bonchev–Trinajstić information content (AvgIpc) is 2.89. The number of rotatable bonds is 2. The number of allylic oxidation sites excluding steroid dienone is 1. The highest BCUT2D eigenvalue weighted by Crippen LogP contribution is 2.16. The Bertz CT molecular complexity index is 661. The summed E-state index contributed by atoms with van der Waals surface area (Å²) >= 11 is 0. The number of Topliss-reactive ketones (excluding diaryl/α,β-unsaturated/α-hetero) is 1. The fourth-order valence-electron chi connectivity index (χ4n) is 1.92. The highest BCUT2D eigenvalue weighted by atomic mass is 16.6. The lowest BCUT2D eigenvalue weighted by molar-refractivity contribution is -0.114. The first kappa shape index (κ1) is 17.5. The average molecular weight is 332 g/mol. The number of nitrogens with one attached hydrogen (secondary N) is 1. The Morgan fingerprint density at radius 3 is 2.38 bits per heavy atom. The van der Waals surface area contributed by atoms with Crippen molar-refractivity contribution in [1.82, 2.24) is 10.2 Å². The summed E-state index contributed by atoms with van der Waals surface area (Å²) in [4.78, 5) is 37.1. The van der Waals surface area contributed by atoms with Crippen LogP contribution in [0.3, 0.4) is 0 Å². The second kappa shape index (κ2) is 7.16. The molecule has 0 aromatic heterocycles. The monoisotopic (exact) mass is 332 g/mol. The van der Waals surface area contributed by atoms with Crippen LogP contribution in [0.4, 0.5) is 9.59 Å². The number of nitrogens with zero attached hydrogens (tertiary/aromatic N) is 1. The number of imide groups is 1. The summed E-state index contributed by atoms with van der Waals surface area (Å²) in [5.74, 6) is 0.0937. The second-order valence-electron chi connectivity index (χ2n) is 6.17. The Hall–Kier alpha value is -2.83. The molecule has 0 bridgehead atoms. The predicted molar refractivity (Wildman–Crippen MR) is 86.2 cm³/mol. The molecule has 128 valence electrons. The van der Waals surface area contributed by atoms with Crippen LogP contribution < -0.4 is 10.1 Å². The van der Waals surface area contributed by atoms with Gasteiger partial charge in [-0.05, 0) is 32.9 Å². The van der Waals surface area contributed by atoms with E-state index in [0.29, 0.717) is 17.9 Å². The van der Waals surface area contributed by atoms with Crippen molar-refractivity contribution in [3.63, 3.8) is 0 Å². The molecule has 24 heavy (non-hydrogen) atoms. The first-order chi connectivity index (χ1) is 11.3. The molecule has 7 heteroatoms.